The van der Waals surface area contributed by atoms with E-state index < -0.39 is 16.1 Å². The largest absolute Gasteiger partial charge is 0.244 e. The van der Waals surface area contributed by atoms with Crippen LogP contribution in [0.1, 0.15) is 13.3 Å². The Kier molecular flexibility index (Phi) is 4.65. The Morgan fingerprint density at radius 2 is 2.25 bits per heavy atom. The van der Waals surface area contributed by atoms with Gasteiger partial charge in [0.2, 0.25) is 10.0 Å². The van der Waals surface area contributed by atoms with Gasteiger partial charge in [-0.2, -0.15) is 4.72 Å². The molecular formula is C9H9Cl2NO2S2. The molecule has 3 nitrogen and oxygen atoms in total. The summed E-state index contributed by atoms with van der Waals surface area (Å²) in [6.45, 7) is 1.79. The van der Waals surface area contributed by atoms with E-state index in [1.807, 2.05) is 0 Å². The normalized spacial score (nSPS) is 13.4. The first kappa shape index (κ1) is 13.8. The maximum atomic E-state index is 11.9. The molecule has 0 radical (unpaired) electrons. The zero-order chi connectivity index (χ0) is 12.3. The van der Waals surface area contributed by atoms with Gasteiger partial charge in [-0.05, 0) is 12.5 Å². The van der Waals surface area contributed by atoms with Crippen molar-refractivity contribution in [2.45, 2.75) is 24.3 Å². The molecule has 1 atom stereocenters. The third-order valence-electron chi connectivity index (χ3n) is 1.82. The molecular weight excluding hydrogens is 289 g/mol. The number of rotatable bonds is 4. The average Bonchev–Trinajstić information content (AvgIpc) is 2.55. The number of sulfonamides is 1. The van der Waals surface area contributed by atoms with Crippen molar-refractivity contribution in [3.05, 3.63) is 14.7 Å². The van der Waals surface area contributed by atoms with Crippen LogP contribution >= 0.6 is 34.5 Å². The molecule has 1 aromatic heterocycles. The SMILES string of the molecule is C#CC(CC)NS(=O)(=O)c1cc(Cl)sc1Cl. The van der Waals surface area contributed by atoms with Crippen molar-refractivity contribution >= 4 is 44.6 Å². The Morgan fingerprint density at radius 3 is 2.62 bits per heavy atom. The van der Waals surface area contributed by atoms with E-state index in [1.54, 1.807) is 6.92 Å². The number of terminal acetylenes is 1. The molecule has 0 aliphatic heterocycles. The van der Waals surface area contributed by atoms with Crippen LogP contribution in [0.25, 0.3) is 0 Å². The maximum Gasteiger partial charge on any atom is 0.244 e. The van der Waals surface area contributed by atoms with Gasteiger partial charge in [-0.3, -0.25) is 0 Å². The first-order chi connectivity index (χ1) is 7.40. The summed E-state index contributed by atoms with van der Waals surface area (Å²) in [6.07, 6.45) is 5.68. The van der Waals surface area contributed by atoms with Crippen molar-refractivity contribution < 1.29 is 8.42 Å². The molecule has 0 aliphatic rings. The molecule has 0 amide bonds. The highest BCUT2D eigenvalue weighted by molar-refractivity contribution is 7.89. The minimum atomic E-state index is -3.69. The molecule has 1 rings (SSSR count). The van der Waals surface area contributed by atoms with Gasteiger partial charge >= 0.3 is 0 Å². The van der Waals surface area contributed by atoms with Crippen molar-refractivity contribution in [3.63, 3.8) is 0 Å². The molecule has 0 aromatic carbocycles. The molecule has 88 valence electrons. The fourth-order valence-corrected chi connectivity index (χ4v) is 4.38. The van der Waals surface area contributed by atoms with Crippen molar-refractivity contribution in [1.82, 2.24) is 4.72 Å². The van der Waals surface area contributed by atoms with Crippen LogP contribution in [-0.4, -0.2) is 14.5 Å². The number of halogens is 2. The Labute approximate surface area is 109 Å². The van der Waals surface area contributed by atoms with Crippen LogP contribution in [0.3, 0.4) is 0 Å². The van der Waals surface area contributed by atoms with Gasteiger partial charge in [-0.15, -0.1) is 17.8 Å². The zero-order valence-electron chi connectivity index (χ0n) is 8.33. The maximum absolute atomic E-state index is 11.9. The first-order valence-corrected chi connectivity index (χ1v) is 7.39. The first-order valence-electron chi connectivity index (χ1n) is 4.34. The number of nitrogens with one attached hydrogen (secondary N) is 1. The van der Waals surface area contributed by atoms with E-state index in [-0.39, 0.29) is 9.23 Å². The van der Waals surface area contributed by atoms with Crippen molar-refractivity contribution in [3.8, 4) is 12.3 Å². The molecule has 0 aliphatic carbocycles. The summed E-state index contributed by atoms with van der Waals surface area (Å²) in [5.74, 6) is 2.34. The molecule has 1 N–H and O–H groups in total. The van der Waals surface area contributed by atoms with Crippen LogP contribution in [0.2, 0.25) is 8.67 Å². The molecule has 7 heteroatoms. The van der Waals surface area contributed by atoms with Gasteiger partial charge in [0.25, 0.3) is 0 Å². The average molecular weight is 298 g/mol. The number of thiophene rings is 1. The van der Waals surface area contributed by atoms with Gasteiger partial charge in [0.05, 0.1) is 10.4 Å². The van der Waals surface area contributed by atoms with Crippen LogP contribution in [0, 0.1) is 12.3 Å². The highest BCUT2D eigenvalue weighted by atomic mass is 35.5. The summed E-state index contributed by atoms with van der Waals surface area (Å²) in [7, 11) is -3.69. The second-order valence-electron chi connectivity index (χ2n) is 2.94. The minimum Gasteiger partial charge on any atom is -0.207 e. The zero-order valence-corrected chi connectivity index (χ0v) is 11.5. The summed E-state index contributed by atoms with van der Waals surface area (Å²) in [6, 6.07) is 0.764. The van der Waals surface area contributed by atoms with Gasteiger partial charge in [-0.1, -0.05) is 36.0 Å². The standard InChI is InChI=1S/C9H9Cl2NO2S2/c1-3-6(4-2)12-16(13,14)7-5-8(10)15-9(7)11/h1,5-6,12H,4H2,2H3. The lowest BCUT2D eigenvalue weighted by Gasteiger charge is -2.10. The molecule has 1 heterocycles. The van der Waals surface area contributed by atoms with E-state index in [0.717, 1.165) is 11.3 Å². The van der Waals surface area contributed by atoms with Gasteiger partial charge in [0, 0.05) is 0 Å². The Balaban J connectivity index is 3.04. The predicted octanol–water partition coefficient (Wildman–Crippen LogP) is 2.75. The van der Waals surface area contributed by atoms with E-state index in [2.05, 4.69) is 10.6 Å². The van der Waals surface area contributed by atoms with Crippen LogP contribution in [0.15, 0.2) is 11.0 Å². The van der Waals surface area contributed by atoms with Crippen molar-refractivity contribution in [2.75, 3.05) is 0 Å². The minimum absolute atomic E-state index is 0.0298. The molecule has 0 spiro atoms. The van der Waals surface area contributed by atoms with E-state index in [1.165, 1.54) is 6.07 Å². The highest BCUT2D eigenvalue weighted by Gasteiger charge is 2.23. The lowest BCUT2D eigenvalue weighted by molar-refractivity contribution is 0.571. The molecule has 16 heavy (non-hydrogen) atoms. The van der Waals surface area contributed by atoms with Gasteiger partial charge in [0.15, 0.2) is 0 Å². The summed E-state index contributed by atoms with van der Waals surface area (Å²) in [5.41, 5.74) is 0. The summed E-state index contributed by atoms with van der Waals surface area (Å²) in [4.78, 5) is -0.0298. The van der Waals surface area contributed by atoms with Crippen molar-refractivity contribution in [2.24, 2.45) is 0 Å². The summed E-state index contributed by atoms with van der Waals surface area (Å²) >= 11 is 12.4. The second kappa shape index (κ2) is 5.39. The van der Waals surface area contributed by atoms with Crippen LogP contribution in [-0.2, 0) is 10.0 Å². The Hall–Kier alpha value is -0.250. The predicted molar refractivity (Wildman–Crippen MR) is 67.6 cm³/mol. The third kappa shape index (κ3) is 3.12. The van der Waals surface area contributed by atoms with Crippen molar-refractivity contribution in [1.29, 1.82) is 0 Å². The Bertz CT molecular complexity index is 516. The van der Waals surface area contributed by atoms with Gasteiger partial charge < -0.3 is 0 Å². The quantitative estimate of drug-likeness (QED) is 0.869. The molecule has 1 unspecified atom stereocenters. The summed E-state index contributed by atoms with van der Waals surface area (Å²) in [5, 5.41) is 0. The molecule has 0 saturated carbocycles. The monoisotopic (exact) mass is 297 g/mol. The van der Waals surface area contributed by atoms with Crippen LogP contribution in [0.5, 0.6) is 0 Å². The van der Waals surface area contributed by atoms with Gasteiger partial charge in [0.1, 0.15) is 9.23 Å². The fraction of sp³-hybridized carbons (Fsp3) is 0.333. The molecule has 0 saturated heterocycles. The fourth-order valence-electron chi connectivity index (χ4n) is 0.994. The van der Waals surface area contributed by atoms with E-state index in [9.17, 15) is 8.42 Å². The molecule has 0 fully saturated rings. The summed E-state index contributed by atoms with van der Waals surface area (Å²) < 4.78 is 26.5. The topological polar surface area (TPSA) is 46.2 Å². The van der Waals surface area contributed by atoms with Gasteiger partial charge in [-0.25, -0.2) is 8.42 Å². The lowest BCUT2D eigenvalue weighted by atomic mass is 10.3. The molecule has 1 aromatic rings. The van der Waals surface area contributed by atoms with Crippen LogP contribution < -0.4 is 4.72 Å². The highest BCUT2D eigenvalue weighted by Crippen LogP contribution is 2.34. The van der Waals surface area contributed by atoms with Crippen LogP contribution in [0.4, 0.5) is 0 Å². The number of hydrogen-bond acceptors (Lipinski definition) is 3. The lowest BCUT2D eigenvalue weighted by Crippen LogP contribution is -2.33. The third-order valence-corrected chi connectivity index (χ3v) is 5.05. The number of hydrogen-bond donors (Lipinski definition) is 1. The second-order valence-corrected chi connectivity index (χ2v) is 6.91. The van der Waals surface area contributed by atoms with E-state index in [0.29, 0.717) is 10.8 Å². The van der Waals surface area contributed by atoms with E-state index >= 15 is 0 Å². The smallest absolute Gasteiger partial charge is 0.207 e. The Morgan fingerprint density at radius 1 is 1.62 bits per heavy atom. The molecule has 0 bridgehead atoms. The van der Waals surface area contributed by atoms with E-state index in [4.69, 9.17) is 29.6 Å².